The maximum Gasteiger partial charge on any atom is 0.231 e. The fourth-order valence-electron chi connectivity index (χ4n) is 3.90. The zero-order valence-electron chi connectivity index (χ0n) is 17.0. The SMILES string of the molecule is Cc1ccc2oc(-c3ccc4cc(O)c(-c5nc6cc(C)ccc6o5)cc4c3)nc2c1. The van der Waals surface area contributed by atoms with E-state index in [4.69, 9.17) is 8.83 Å². The van der Waals surface area contributed by atoms with Crippen molar-refractivity contribution in [3.63, 3.8) is 0 Å². The molecule has 150 valence electrons. The molecule has 6 rings (SSSR count). The van der Waals surface area contributed by atoms with Crippen LogP contribution in [0, 0.1) is 13.8 Å². The highest BCUT2D eigenvalue weighted by Gasteiger charge is 2.15. The molecule has 0 bridgehead atoms. The molecule has 0 aliphatic rings. The molecule has 2 aromatic heterocycles. The number of fused-ring (bicyclic) bond motifs is 3. The summed E-state index contributed by atoms with van der Waals surface area (Å²) in [4.78, 5) is 9.21. The van der Waals surface area contributed by atoms with Gasteiger partial charge in [-0.25, -0.2) is 9.97 Å². The Balaban J connectivity index is 1.49. The Morgan fingerprint density at radius 1 is 0.645 bits per heavy atom. The van der Waals surface area contributed by atoms with Crippen LogP contribution in [-0.2, 0) is 0 Å². The number of aromatic hydroxyl groups is 1. The summed E-state index contributed by atoms with van der Waals surface area (Å²) in [6, 6.07) is 21.3. The van der Waals surface area contributed by atoms with Crippen LogP contribution in [0.25, 0.3) is 55.9 Å². The summed E-state index contributed by atoms with van der Waals surface area (Å²) in [6.07, 6.45) is 0. The number of benzene rings is 4. The van der Waals surface area contributed by atoms with E-state index in [0.717, 1.165) is 44.1 Å². The van der Waals surface area contributed by atoms with Gasteiger partial charge in [-0.2, -0.15) is 0 Å². The topological polar surface area (TPSA) is 72.3 Å². The number of rotatable bonds is 2. The number of nitrogens with zero attached hydrogens (tertiary/aromatic N) is 2. The Labute approximate surface area is 177 Å². The molecule has 0 aliphatic carbocycles. The summed E-state index contributed by atoms with van der Waals surface area (Å²) >= 11 is 0. The van der Waals surface area contributed by atoms with Crippen molar-refractivity contribution < 1.29 is 13.9 Å². The Kier molecular flexibility index (Phi) is 3.68. The van der Waals surface area contributed by atoms with Crippen molar-refractivity contribution in [2.24, 2.45) is 0 Å². The molecule has 0 amide bonds. The Morgan fingerprint density at radius 3 is 2.00 bits per heavy atom. The summed E-state index contributed by atoms with van der Waals surface area (Å²) in [5.74, 6) is 1.08. The van der Waals surface area contributed by atoms with Crippen molar-refractivity contribution in [3.8, 4) is 28.7 Å². The van der Waals surface area contributed by atoms with Crippen LogP contribution < -0.4 is 0 Å². The fourth-order valence-corrected chi connectivity index (χ4v) is 3.90. The van der Waals surface area contributed by atoms with Gasteiger partial charge in [0.25, 0.3) is 0 Å². The van der Waals surface area contributed by atoms with Crippen LogP contribution >= 0.6 is 0 Å². The smallest absolute Gasteiger partial charge is 0.231 e. The van der Waals surface area contributed by atoms with Gasteiger partial charge < -0.3 is 13.9 Å². The van der Waals surface area contributed by atoms with Crippen LogP contribution in [0.1, 0.15) is 11.1 Å². The molecule has 0 atom stereocenters. The molecule has 4 aromatic carbocycles. The van der Waals surface area contributed by atoms with Crippen LogP contribution in [0.15, 0.2) is 75.6 Å². The highest BCUT2D eigenvalue weighted by atomic mass is 16.4. The molecule has 0 radical (unpaired) electrons. The van der Waals surface area contributed by atoms with Crippen molar-refractivity contribution in [2.45, 2.75) is 13.8 Å². The minimum atomic E-state index is 0.126. The lowest BCUT2D eigenvalue weighted by molar-refractivity contribution is 0.475. The highest BCUT2D eigenvalue weighted by Crippen LogP contribution is 2.36. The van der Waals surface area contributed by atoms with Gasteiger partial charge in [0.2, 0.25) is 11.8 Å². The van der Waals surface area contributed by atoms with E-state index in [2.05, 4.69) is 9.97 Å². The Hall–Kier alpha value is -4.12. The van der Waals surface area contributed by atoms with Crippen molar-refractivity contribution in [3.05, 3.63) is 77.9 Å². The standard InChI is InChI=1S/C26H18N2O3/c1-14-3-7-23-20(9-14)27-25(30-23)17-6-5-16-13-22(29)19(12-18(16)11-17)26-28-21-10-15(2)4-8-24(21)31-26/h3-13,29H,1-2H3. The predicted octanol–water partition coefficient (Wildman–Crippen LogP) is 6.78. The van der Waals surface area contributed by atoms with E-state index in [-0.39, 0.29) is 5.75 Å². The summed E-state index contributed by atoms with van der Waals surface area (Å²) in [5.41, 5.74) is 6.71. The summed E-state index contributed by atoms with van der Waals surface area (Å²) in [6.45, 7) is 4.04. The van der Waals surface area contributed by atoms with Gasteiger partial charge >= 0.3 is 0 Å². The number of hydrogen-bond donors (Lipinski definition) is 1. The first-order valence-electron chi connectivity index (χ1n) is 10.1. The normalized spacial score (nSPS) is 11.7. The number of hydrogen-bond acceptors (Lipinski definition) is 5. The second kappa shape index (κ2) is 6.44. The predicted molar refractivity (Wildman–Crippen MR) is 121 cm³/mol. The van der Waals surface area contributed by atoms with Gasteiger partial charge in [-0.1, -0.05) is 18.2 Å². The molecular formula is C26H18N2O3. The van der Waals surface area contributed by atoms with E-state index in [9.17, 15) is 5.11 Å². The lowest BCUT2D eigenvalue weighted by atomic mass is 10.0. The molecule has 2 heterocycles. The third-order valence-corrected chi connectivity index (χ3v) is 5.52. The Morgan fingerprint density at radius 2 is 1.29 bits per heavy atom. The van der Waals surface area contributed by atoms with E-state index in [1.807, 2.05) is 74.5 Å². The van der Waals surface area contributed by atoms with Crippen LogP contribution in [0.2, 0.25) is 0 Å². The van der Waals surface area contributed by atoms with Gasteiger partial charge in [0.1, 0.15) is 16.8 Å². The van der Waals surface area contributed by atoms with Crippen LogP contribution in [-0.4, -0.2) is 15.1 Å². The molecular weight excluding hydrogens is 388 g/mol. The number of oxazole rings is 2. The molecule has 5 heteroatoms. The monoisotopic (exact) mass is 406 g/mol. The van der Waals surface area contributed by atoms with Crippen LogP contribution in [0.5, 0.6) is 5.75 Å². The van der Waals surface area contributed by atoms with Crippen molar-refractivity contribution in [1.29, 1.82) is 0 Å². The van der Waals surface area contributed by atoms with E-state index in [1.165, 1.54) is 0 Å². The van der Waals surface area contributed by atoms with E-state index in [0.29, 0.717) is 22.9 Å². The second-order valence-electron chi connectivity index (χ2n) is 7.91. The minimum Gasteiger partial charge on any atom is -0.507 e. The molecule has 0 fully saturated rings. The molecule has 0 saturated heterocycles. The van der Waals surface area contributed by atoms with Crippen molar-refractivity contribution in [2.75, 3.05) is 0 Å². The largest absolute Gasteiger partial charge is 0.507 e. The average Bonchev–Trinajstić information content (AvgIpc) is 3.36. The van der Waals surface area contributed by atoms with Gasteiger partial charge in [0, 0.05) is 5.56 Å². The van der Waals surface area contributed by atoms with Gasteiger partial charge in [0.05, 0.1) is 5.56 Å². The van der Waals surface area contributed by atoms with Gasteiger partial charge in [-0.3, -0.25) is 0 Å². The first kappa shape index (κ1) is 17.7. The number of phenolic OH excluding ortho intramolecular Hbond substituents is 1. The summed E-state index contributed by atoms with van der Waals surface area (Å²) in [7, 11) is 0. The molecule has 6 aromatic rings. The third-order valence-electron chi connectivity index (χ3n) is 5.52. The quantitative estimate of drug-likeness (QED) is 0.343. The average molecular weight is 406 g/mol. The molecule has 0 unspecified atom stereocenters. The molecule has 0 aliphatic heterocycles. The van der Waals surface area contributed by atoms with Gasteiger partial charge in [-0.05, 0) is 84.3 Å². The van der Waals surface area contributed by atoms with Crippen molar-refractivity contribution in [1.82, 2.24) is 9.97 Å². The highest BCUT2D eigenvalue weighted by molar-refractivity contribution is 5.93. The molecule has 1 N–H and O–H groups in total. The van der Waals surface area contributed by atoms with Gasteiger partial charge in [-0.15, -0.1) is 0 Å². The number of aryl methyl sites for hydroxylation is 2. The number of phenols is 1. The molecule has 5 nitrogen and oxygen atoms in total. The maximum absolute atomic E-state index is 10.6. The summed E-state index contributed by atoms with van der Waals surface area (Å²) in [5, 5.41) is 12.5. The lowest BCUT2D eigenvalue weighted by Gasteiger charge is -2.05. The van der Waals surface area contributed by atoms with Gasteiger partial charge in [0.15, 0.2) is 11.2 Å². The maximum atomic E-state index is 10.6. The Bertz CT molecular complexity index is 1630. The minimum absolute atomic E-state index is 0.126. The van der Waals surface area contributed by atoms with Crippen LogP contribution in [0.4, 0.5) is 0 Å². The first-order chi connectivity index (χ1) is 15.0. The van der Waals surface area contributed by atoms with E-state index < -0.39 is 0 Å². The van der Waals surface area contributed by atoms with E-state index >= 15 is 0 Å². The third kappa shape index (κ3) is 2.94. The van der Waals surface area contributed by atoms with E-state index in [1.54, 1.807) is 6.07 Å². The fraction of sp³-hybridized carbons (Fsp3) is 0.0769. The molecule has 0 spiro atoms. The zero-order valence-corrected chi connectivity index (χ0v) is 17.0. The molecule has 0 saturated carbocycles. The van der Waals surface area contributed by atoms with Crippen molar-refractivity contribution >= 4 is 33.0 Å². The van der Waals surface area contributed by atoms with Crippen LogP contribution in [0.3, 0.4) is 0 Å². The lowest BCUT2D eigenvalue weighted by Crippen LogP contribution is -1.83. The number of aromatic nitrogens is 2. The second-order valence-corrected chi connectivity index (χ2v) is 7.91. The zero-order chi connectivity index (χ0) is 21.1. The molecule has 31 heavy (non-hydrogen) atoms. The summed E-state index contributed by atoms with van der Waals surface area (Å²) < 4.78 is 11.9. The first-order valence-corrected chi connectivity index (χ1v) is 10.1.